The van der Waals surface area contributed by atoms with Gasteiger partial charge in [0.2, 0.25) is 15.9 Å². The van der Waals surface area contributed by atoms with Gasteiger partial charge >= 0.3 is 0 Å². The number of carbonyl (C=O) groups excluding carboxylic acids is 1. The van der Waals surface area contributed by atoms with E-state index in [2.05, 4.69) is 10.5 Å². The molecule has 1 heterocycles. The number of nitrogens with zero attached hydrogens (tertiary/aromatic N) is 2. The number of rotatable bonds is 9. The maximum atomic E-state index is 12.0. The Morgan fingerprint density at radius 3 is 2.76 bits per heavy atom. The average molecular weight is 319 g/mol. The van der Waals surface area contributed by atoms with Gasteiger partial charge in [-0.1, -0.05) is 5.16 Å². The molecule has 1 N–H and O–H groups in total. The second-order valence-electron chi connectivity index (χ2n) is 4.45. The van der Waals surface area contributed by atoms with E-state index in [1.165, 1.54) is 14.0 Å². The molecule has 0 saturated carbocycles. The first kappa shape index (κ1) is 17.6. The highest BCUT2D eigenvalue weighted by Gasteiger charge is 2.22. The zero-order valence-corrected chi connectivity index (χ0v) is 13.3. The minimum atomic E-state index is -3.45. The molecule has 9 heteroatoms. The first-order valence-electron chi connectivity index (χ1n) is 6.59. The third-order valence-electron chi connectivity index (χ3n) is 2.73. The van der Waals surface area contributed by atoms with Crippen molar-refractivity contribution in [3.05, 3.63) is 11.8 Å². The Bertz CT molecular complexity index is 555. The smallest absolute Gasteiger partial charge is 0.240 e. The van der Waals surface area contributed by atoms with Crippen LogP contribution in [0, 0.1) is 6.92 Å². The molecule has 0 bridgehead atoms. The van der Waals surface area contributed by atoms with Crippen molar-refractivity contribution in [2.75, 3.05) is 37.9 Å². The lowest BCUT2D eigenvalue weighted by Crippen LogP contribution is -2.39. The fourth-order valence-corrected chi connectivity index (χ4v) is 2.74. The number of aryl methyl sites for hydroxylation is 1. The van der Waals surface area contributed by atoms with Crippen molar-refractivity contribution in [1.29, 1.82) is 0 Å². The van der Waals surface area contributed by atoms with E-state index in [-0.39, 0.29) is 24.7 Å². The lowest BCUT2D eigenvalue weighted by atomic mass is 10.4. The van der Waals surface area contributed by atoms with Gasteiger partial charge in [0.1, 0.15) is 5.76 Å². The van der Waals surface area contributed by atoms with E-state index < -0.39 is 15.9 Å². The van der Waals surface area contributed by atoms with E-state index in [0.29, 0.717) is 18.8 Å². The second kappa shape index (κ2) is 8.11. The summed E-state index contributed by atoms with van der Waals surface area (Å²) in [5.41, 5.74) is 0. The Kier molecular flexibility index (Phi) is 6.79. The first-order valence-corrected chi connectivity index (χ1v) is 8.20. The number of methoxy groups -OCH3 is 1. The van der Waals surface area contributed by atoms with Crippen molar-refractivity contribution in [2.45, 2.75) is 20.3 Å². The summed E-state index contributed by atoms with van der Waals surface area (Å²) in [6.07, 6.45) is 0.520. The van der Waals surface area contributed by atoms with Gasteiger partial charge < -0.3 is 14.6 Å². The summed E-state index contributed by atoms with van der Waals surface area (Å²) >= 11 is 0. The van der Waals surface area contributed by atoms with Crippen molar-refractivity contribution >= 4 is 21.7 Å². The minimum Gasteiger partial charge on any atom is -0.385 e. The summed E-state index contributed by atoms with van der Waals surface area (Å²) in [6, 6.07) is 1.56. The number of ether oxygens (including phenoxy) is 1. The van der Waals surface area contributed by atoms with Crippen LogP contribution in [0.1, 0.15) is 19.1 Å². The van der Waals surface area contributed by atoms with E-state index in [0.717, 1.165) is 4.31 Å². The first-order chi connectivity index (χ1) is 9.89. The highest BCUT2D eigenvalue weighted by atomic mass is 32.2. The molecule has 0 spiro atoms. The van der Waals surface area contributed by atoms with E-state index in [4.69, 9.17) is 9.26 Å². The molecule has 0 unspecified atom stereocenters. The van der Waals surface area contributed by atoms with Crippen LogP contribution in [0.4, 0.5) is 5.82 Å². The molecule has 1 aromatic rings. The van der Waals surface area contributed by atoms with E-state index in [1.54, 1.807) is 13.0 Å². The predicted molar refractivity (Wildman–Crippen MR) is 77.4 cm³/mol. The molecule has 1 aromatic heterocycles. The Labute approximate surface area is 124 Å². The van der Waals surface area contributed by atoms with E-state index in [1.807, 2.05) is 0 Å². The Morgan fingerprint density at radius 2 is 2.24 bits per heavy atom. The third-order valence-corrected chi connectivity index (χ3v) is 4.56. The van der Waals surface area contributed by atoms with E-state index >= 15 is 0 Å². The molecule has 0 radical (unpaired) electrons. The number of aromatic nitrogens is 1. The van der Waals surface area contributed by atoms with Crippen molar-refractivity contribution in [1.82, 2.24) is 9.46 Å². The molecule has 0 fully saturated rings. The number of hydrogen-bond donors (Lipinski definition) is 1. The van der Waals surface area contributed by atoms with E-state index in [9.17, 15) is 13.2 Å². The standard InChI is InChI=1S/C12H21N3O5S/c1-4-21(17,18)15(6-5-7-19-3)9-12(16)13-11-8-10(2)20-14-11/h8H,4-7,9H2,1-3H3,(H,13,14,16). The Hall–Kier alpha value is -1.45. The molecular formula is C12H21N3O5S. The molecule has 0 aliphatic carbocycles. The SMILES string of the molecule is CCS(=O)(=O)N(CCCOC)CC(=O)Nc1cc(C)on1. The van der Waals surface area contributed by atoms with Crippen molar-refractivity contribution in [3.8, 4) is 0 Å². The van der Waals surface area contributed by atoms with Crippen LogP contribution in [0.2, 0.25) is 0 Å². The normalized spacial score (nSPS) is 11.8. The van der Waals surface area contributed by atoms with Crippen LogP contribution in [-0.4, -0.2) is 56.3 Å². The third kappa shape index (κ3) is 5.82. The van der Waals surface area contributed by atoms with Gasteiger partial charge in [-0.2, -0.15) is 4.31 Å². The van der Waals surface area contributed by atoms with Gasteiger partial charge in [-0.05, 0) is 20.3 Å². The van der Waals surface area contributed by atoms with Crippen LogP contribution >= 0.6 is 0 Å². The zero-order valence-electron chi connectivity index (χ0n) is 12.5. The summed E-state index contributed by atoms with van der Waals surface area (Å²) in [4.78, 5) is 11.9. The quantitative estimate of drug-likeness (QED) is 0.669. The summed E-state index contributed by atoms with van der Waals surface area (Å²) in [5, 5.41) is 6.12. The van der Waals surface area contributed by atoms with Crippen molar-refractivity contribution in [2.24, 2.45) is 0 Å². The van der Waals surface area contributed by atoms with Crippen molar-refractivity contribution in [3.63, 3.8) is 0 Å². The van der Waals surface area contributed by atoms with Crippen LogP contribution < -0.4 is 5.32 Å². The monoisotopic (exact) mass is 319 g/mol. The van der Waals surface area contributed by atoms with Gasteiger partial charge in [0.25, 0.3) is 0 Å². The van der Waals surface area contributed by atoms with Crippen LogP contribution in [0.5, 0.6) is 0 Å². The molecular weight excluding hydrogens is 298 g/mol. The molecule has 1 rings (SSSR count). The Morgan fingerprint density at radius 1 is 1.52 bits per heavy atom. The largest absolute Gasteiger partial charge is 0.385 e. The zero-order chi connectivity index (χ0) is 15.9. The van der Waals surface area contributed by atoms with Gasteiger partial charge in [0.05, 0.1) is 12.3 Å². The summed E-state index contributed by atoms with van der Waals surface area (Å²) in [6.45, 7) is 3.64. The average Bonchev–Trinajstić information content (AvgIpc) is 2.83. The highest BCUT2D eigenvalue weighted by Crippen LogP contribution is 2.08. The van der Waals surface area contributed by atoms with Gasteiger partial charge in [-0.25, -0.2) is 8.42 Å². The minimum absolute atomic E-state index is 0.0592. The molecule has 120 valence electrons. The number of hydrogen-bond acceptors (Lipinski definition) is 6. The van der Waals surface area contributed by atoms with Crippen molar-refractivity contribution < 1.29 is 22.5 Å². The maximum Gasteiger partial charge on any atom is 0.240 e. The maximum absolute atomic E-state index is 12.0. The number of carbonyl (C=O) groups is 1. The topological polar surface area (TPSA) is 102 Å². The number of amides is 1. The fourth-order valence-electron chi connectivity index (χ4n) is 1.65. The fraction of sp³-hybridized carbons (Fsp3) is 0.667. The summed E-state index contributed by atoms with van der Waals surface area (Å²) < 4.78 is 34.8. The molecule has 0 aromatic carbocycles. The van der Waals surface area contributed by atoms with Gasteiger partial charge in [-0.15, -0.1) is 0 Å². The van der Waals surface area contributed by atoms with Crippen LogP contribution in [0.15, 0.2) is 10.6 Å². The molecule has 0 aliphatic heterocycles. The van der Waals surface area contributed by atoms with Crippen LogP contribution in [0.25, 0.3) is 0 Å². The number of anilines is 1. The summed E-state index contributed by atoms with van der Waals surface area (Å²) in [7, 11) is -1.91. The van der Waals surface area contributed by atoms with Gasteiger partial charge in [-0.3, -0.25) is 4.79 Å². The molecule has 1 amide bonds. The molecule has 21 heavy (non-hydrogen) atoms. The molecule has 8 nitrogen and oxygen atoms in total. The lowest BCUT2D eigenvalue weighted by molar-refractivity contribution is -0.116. The van der Waals surface area contributed by atoms with Crippen LogP contribution in [-0.2, 0) is 19.6 Å². The summed E-state index contributed by atoms with van der Waals surface area (Å²) in [5.74, 6) is 0.306. The predicted octanol–water partition coefficient (Wildman–Crippen LogP) is 0.610. The van der Waals surface area contributed by atoms with Gasteiger partial charge in [0, 0.05) is 26.3 Å². The second-order valence-corrected chi connectivity index (χ2v) is 6.71. The number of nitrogens with one attached hydrogen (secondary N) is 1. The molecule has 0 atom stereocenters. The van der Waals surface area contributed by atoms with Gasteiger partial charge in [0.15, 0.2) is 5.82 Å². The highest BCUT2D eigenvalue weighted by molar-refractivity contribution is 7.89. The van der Waals surface area contributed by atoms with Crippen LogP contribution in [0.3, 0.4) is 0 Å². The number of sulfonamides is 1. The lowest BCUT2D eigenvalue weighted by Gasteiger charge is -2.20. The molecule has 0 saturated heterocycles. The Balaban J connectivity index is 2.64. The molecule has 0 aliphatic rings.